The highest BCUT2D eigenvalue weighted by atomic mass is 35.5. The number of halogens is 1. The van der Waals surface area contributed by atoms with Crippen molar-refractivity contribution in [1.82, 2.24) is 15.5 Å². The van der Waals surface area contributed by atoms with Gasteiger partial charge < -0.3 is 10.4 Å². The number of aromatic nitrogens is 2. The van der Waals surface area contributed by atoms with Crippen LogP contribution in [-0.2, 0) is 6.42 Å². The minimum atomic E-state index is -0.385. The van der Waals surface area contributed by atoms with E-state index >= 15 is 0 Å². The number of carbonyl (C=O) groups is 1. The number of nitrogens with zero attached hydrogens (tertiary/aromatic N) is 2. The van der Waals surface area contributed by atoms with Gasteiger partial charge in [0, 0.05) is 0 Å². The molecule has 0 fully saturated rings. The number of amides is 1. The van der Waals surface area contributed by atoms with Crippen LogP contribution >= 0.6 is 11.6 Å². The van der Waals surface area contributed by atoms with Gasteiger partial charge in [0.15, 0.2) is 10.8 Å². The fourth-order valence-electron chi connectivity index (χ4n) is 1.76. The second-order valence-electron chi connectivity index (χ2n) is 4.28. The van der Waals surface area contributed by atoms with Crippen molar-refractivity contribution >= 4 is 17.5 Å². The van der Waals surface area contributed by atoms with Crippen LogP contribution in [0.5, 0.6) is 0 Å². The van der Waals surface area contributed by atoms with E-state index in [1.165, 1.54) is 12.1 Å². The Morgan fingerprint density at radius 2 is 1.95 bits per heavy atom. The highest BCUT2D eigenvalue weighted by molar-refractivity contribution is 6.29. The number of benzene rings is 1. The minimum Gasteiger partial charge on any atom is -0.394 e. The molecule has 104 valence electrons. The third-order valence-corrected chi connectivity index (χ3v) is 2.95. The van der Waals surface area contributed by atoms with Crippen LogP contribution in [0.3, 0.4) is 0 Å². The number of rotatable bonds is 5. The van der Waals surface area contributed by atoms with Gasteiger partial charge in [-0.1, -0.05) is 41.9 Å². The second kappa shape index (κ2) is 6.98. The molecule has 0 saturated carbocycles. The van der Waals surface area contributed by atoms with Gasteiger partial charge in [-0.15, -0.1) is 10.2 Å². The van der Waals surface area contributed by atoms with E-state index in [1.54, 1.807) is 0 Å². The zero-order valence-corrected chi connectivity index (χ0v) is 11.4. The third kappa shape index (κ3) is 4.01. The Kier molecular flexibility index (Phi) is 5.03. The van der Waals surface area contributed by atoms with E-state index in [4.69, 9.17) is 11.6 Å². The molecule has 1 heterocycles. The maximum Gasteiger partial charge on any atom is 0.272 e. The number of aliphatic hydroxyl groups is 1. The van der Waals surface area contributed by atoms with E-state index in [-0.39, 0.29) is 29.4 Å². The van der Waals surface area contributed by atoms with E-state index in [0.717, 1.165) is 5.56 Å². The highest BCUT2D eigenvalue weighted by Gasteiger charge is 2.14. The average Bonchev–Trinajstić information content (AvgIpc) is 2.48. The zero-order valence-electron chi connectivity index (χ0n) is 10.7. The van der Waals surface area contributed by atoms with Crippen LogP contribution in [0, 0.1) is 0 Å². The quantitative estimate of drug-likeness (QED) is 0.874. The molecular weight excluding hydrogens is 278 g/mol. The Labute approximate surface area is 121 Å². The third-order valence-electron chi connectivity index (χ3n) is 2.75. The fraction of sp³-hybridized carbons (Fsp3) is 0.214. The lowest BCUT2D eigenvalue weighted by Gasteiger charge is -2.15. The van der Waals surface area contributed by atoms with Crippen LogP contribution in [0.2, 0.25) is 5.15 Å². The molecule has 0 aliphatic carbocycles. The van der Waals surface area contributed by atoms with Crippen molar-refractivity contribution in [2.75, 3.05) is 6.61 Å². The van der Waals surface area contributed by atoms with Crippen molar-refractivity contribution in [2.45, 2.75) is 12.5 Å². The van der Waals surface area contributed by atoms with Crippen LogP contribution in [0.4, 0.5) is 0 Å². The first-order chi connectivity index (χ1) is 9.69. The molecule has 1 aromatic carbocycles. The molecule has 0 saturated heterocycles. The standard InChI is InChI=1S/C14H14ClN3O2/c15-13-7-6-12(17-18-13)14(20)16-11(9-19)8-10-4-2-1-3-5-10/h1-7,11,19H,8-9H2,(H,16,20)/t11-/m1/s1. The molecule has 2 N–H and O–H groups in total. The van der Waals surface area contributed by atoms with E-state index in [0.29, 0.717) is 6.42 Å². The van der Waals surface area contributed by atoms with Gasteiger partial charge in [0.1, 0.15) is 0 Å². The van der Waals surface area contributed by atoms with Crippen molar-refractivity contribution in [1.29, 1.82) is 0 Å². The summed E-state index contributed by atoms with van der Waals surface area (Å²) in [4.78, 5) is 11.9. The van der Waals surface area contributed by atoms with Gasteiger partial charge in [0.05, 0.1) is 12.6 Å². The number of hydrogen-bond acceptors (Lipinski definition) is 4. The van der Waals surface area contributed by atoms with Crippen molar-refractivity contribution in [2.24, 2.45) is 0 Å². The van der Waals surface area contributed by atoms with Gasteiger partial charge in [-0.3, -0.25) is 4.79 Å². The summed E-state index contributed by atoms with van der Waals surface area (Å²) < 4.78 is 0. The summed E-state index contributed by atoms with van der Waals surface area (Å²) in [5.74, 6) is -0.385. The van der Waals surface area contributed by atoms with Gasteiger partial charge >= 0.3 is 0 Å². The van der Waals surface area contributed by atoms with Crippen LogP contribution in [0.1, 0.15) is 16.1 Å². The van der Waals surface area contributed by atoms with Gasteiger partial charge in [-0.2, -0.15) is 0 Å². The molecule has 1 amide bonds. The normalized spacial score (nSPS) is 11.9. The molecule has 2 rings (SSSR count). The Hall–Kier alpha value is -1.98. The Bertz CT molecular complexity index is 560. The molecule has 6 heteroatoms. The molecule has 0 spiro atoms. The molecule has 5 nitrogen and oxygen atoms in total. The fourth-order valence-corrected chi connectivity index (χ4v) is 1.86. The van der Waals surface area contributed by atoms with Crippen LogP contribution < -0.4 is 5.32 Å². The summed E-state index contributed by atoms with van der Waals surface area (Å²) in [5.41, 5.74) is 1.20. The second-order valence-corrected chi connectivity index (χ2v) is 4.67. The topological polar surface area (TPSA) is 75.1 Å². The average molecular weight is 292 g/mol. The first kappa shape index (κ1) is 14.4. The summed E-state index contributed by atoms with van der Waals surface area (Å²) in [6.45, 7) is -0.151. The van der Waals surface area contributed by atoms with Crippen LogP contribution in [0.25, 0.3) is 0 Å². The van der Waals surface area contributed by atoms with E-state index in [1.807, 2.05) is 30.3 Å². The van der Waals surface area contributed by atoms with Crippen LogP contribution in [0.15, 0.2) is 42.5 Å². The first-order valence-electron chi connectivity index (χ1n) is 6.14. The predicted octanol–water partition coefficient (Wildman–Crippen LogP) is 1.46. The number of hydrogen-bond donors (Lipinski definition) is 2. The Balaban J connectivity index is 1.99. The minimum absolute atomic E-state index is 0.151. The Morgan fingerprint density at radius 3 is 2.55 bits per heavy atom. The first-order valence-corrected chi connectivity index (χ1v) is 6.51. The molecular formula is C14H14ClN3O2. The van der Waals surface area contributed by atoms with E-state index < -0.39 is 0 Å². The molecule has 0 radical (unpaired) electrons. The monoisotopic (exact) mass is 291 g/mol. The SMILES string of the molecule is O=C(N[C@@H](CO)Cc1ccccc1)c1ccc(Cl)nn1. The predicted molar refractivity (Wildman–Crippen MR) is 75.5 cm³/mol. The van der Waals surface area contributed by atoms with Crippen molar-refractivity contribution in [3.8, 4) is 0 Å². The van der Waals surface area contributed by atoms with Crippen LogP contribution in [-0.4, -0.2) is 33.9 Å². The van der Waals surface area contributed by atoms with Gasteiger partial charge in [0.25, 0.3) is 5.91 Å². The summed E-state index contributed by atoms with van der Waals surface area (Å²) in [6, 6.07) is 12.2. The number of carbonyl (C=O) groups excluding carboxylic acids is 1. The smallest absolute Gasteiger partial charge is 0.272 e. The summed E-state index contributed by atoms with van der Waals surface area (Å²) in [6.07, 6.45) is 0.546. The van der Waals surface area contributed by atoms with E-state index in [2.05, 4.69) is 15.5 Å². The number of nitrogens with one attached hydrogen (secondary N) is 1. The molecule has 2 aromatic rings. The summed E-state index contributed by atoms with van der Waals surface area (Å²) in [5, 5.41) is 19.6. The summed E-state index contributed by atoms with van der Waals surface area (Å²) in [7, 11) is 0. The molecule has 1 aromatic heterocycles. The van der Waals surface area contributed by atoms with Crippen molar-refractivity contribution < 1.29 is 9.90 Å². The number of aliphatic hydroxyl groups excluding tert-OH is 1. The zero-order chi connectivity index (χ0) is 14.4. The molecule has 0 aliphatic rings. The molecule has 0 bridgehead atoms. The Morgan fingerprint density at radius 1 is 1.20 bits per heavy atom. The highest BCUT2D eigenvalue weighted by Crippen LogP contribution is 2.05. The van der Waals surface area contributed by atoms with E-state index in [9.17, 15) is 9.90 Å². The molecule has 0 unspecified atom stereocenters. The maximum atomic E-state index is 11.9. The lowest BCUT2D eigenvalue weighted by molar-refractivity contribution is 0.0910. The molecule has 1 atom stereocenters. The lowest BCUT2D eigenvalue weighted by atomic mass is 10.1. The lowest BCUT2D eigenvalue weighted by Crippen LogP contribution is -2.39. The molecule has 0 aliphatic heterocycles. The van der Waals surface area contributed by atoms with Gasteiger partial charge in [-0.05, 0) is 24.1 Å². The maximum absolute atomic E-state index is 11.9. The van der Waals surface area contributed by atoms with Gasteiger partial charge in [-0.25, -0.2) is 0 Å². The molecule has 20 heavy (non-hydrogen) atoms. The largest absolute Gasteiger partial charge is 0.394 e. The summed E-state index contributed by atoms with van der Waals surface area (Å²) >= 11 is 5.61. The van der Waals surface area contributed by atoms with Crippen molar-refractivity contribution in [3.05, 3.63) is 58.9 Å². The van der Waals surface area contributed by atoms with Crippen molar-refractivity contribution in [3.63, 3.8) is 0 Å². The van der Waals surface area contributed by atoms with Gasteiger partial charge in [0.2, 0.25) is 0 Å².